The molecule has 0 aromatic rings. The van der Waals surface area contributed by atoms with Gasteiger partial charge in [-0.05, 0) is 6.92 Å². The summed E-state index contributed by atoms with van der Waals surface area (Å²) in [6.45, 7) is 2.92. The van der Waals surface area contributed by atoms with Gasteiger partial charge in [0.05, 0.1) is 6.07 Å². The van der Waals surface area contributed by atoms with Crippen LogP contribution >= 0.6 is 0 Å². The van der Waals surface area contributed by atoms with E-state index in [1.807, 2.05) is 0 Å². The summed E-state index contributed by atoms with van der Waals surface area (Å²) in [5, 5.41) is 8.21. The van der Waals surface area contributed by atoms with Crippen LogP contribution in [0.5, 0.6) is 0 Å². The molecule has 0 saturated heterocycles. The molecule has 0 amide bonds. The van der Waals surface area contributed by atoms with E-state index >= 15 is 0 Å². The summed E-state index contributed by atoms with van der Waals surface area (Å²) >= 11 is 0. The van der Waals surface area contributed by atoms with E-state index in [2.05, 4.69) is 0 Å². The average Bonchev–Trinajstić information content (AvgIpc) is 1.87. The third-order valence-electron chi connectivity index (χ3n) is 1.34. The Morgan fingerprint density at radius 3 is 2.40 bits per heavy atom. The normalized spacial score (nSPS) is 14.3. The molecular formula is C7H11F2N. The first-order valence-electron chi connectivity index (χ1n) is 3.29. The Morgan fingerprint density at radius 1 is 1.60 bits per heavy atom. The van der Waals surface area contributed by atoms with Crippen molar-refractivity contribution in [2.75, 3.05) is 0 Å². The van der Waals surface area contributed by atoms with Gasteiger partial charge in [-0.3, -0.25) is 0 Å². The van der Waals surface area contributed by atoms with Crippen molar-refractivity contribution >= 4 is 0 Å². The third kappa shape index (κ3) is 3.39. The van der Waals surface area contributed by atoms with Gasteiger partial charge in [0.2, 0.25) is 5.92 Å². The number of rotatable bonds is 3. The molecule has 3 heteroatoms. The van der Waals surface area contributed by atoms with Crippen molar-refractivity contribution in [2.24, 2.45) is 5.92 Å². The fourth-order valence-corrected chi connectivity index (χ4v) is 0.638. The van der Waals surface area contributed by atoms with E-state index in [4.69, 9.17) is 5.26 Å². The van der Waals surface area contributed by atoms with Crippen LogP contribution < -0.4 is 0 Å². The summed E-state index contributed by atoms with van der Waals surface area (Å²) in [6, 6.07) is 1.78. The van der Waals surface area contributed by atoms with Crippen LogP contribution in [0.25, 0.3) is 0 Å². The maximum atomic E-state index is 12.4. The molecule has 0 aliphatic rings. The summed E-state index contributed by atoms with van der Waals surface area (Å²) in [6.07, 6.45) is -0.501. The zero-order valence-corrected chi connectivity index (χ0v) is 6.19. The standard InChI is InChI=1S/C7H11F2N/c1-3-7(8,9)4-6(2)5-10/h6H,3-4H2,1-2H3. The highest BCUT2D eigenvalue weighted by molar-refractivity contribution is 4.83. The number of halogens is 2. The summed E-state index contributed by atoms with van der Waals surface area (Å²) in [4.78, 5) is 0. The third-order valence-corrected chi connectivity index (χ3v) is 1.34. The lowest BCUT2D eigenvalue weighted by Gasteiger charge is -2.13. The van der Waals surface area contributed by atoms with Crippen molar-refractivity contribution in [3.8, 4) is 6.07 Å². The maximum absolute atomic E-state index is 12.4. The first-order valence-corrected chi connectivity index (χ1v) is 3.29. The molecule has 0 aliphatic carbocycles. The fraction of sp³-hybridized carbons (Fsp3) is 0.857. The summed E-state index contributed by atoms with van der Waals surface area (Å²) in [5.74, 6) is -3.20. The molecule has 0 fully saturated rings. The van der Waals surface area contributed by atoms with Crippen LogP contribution in [0.4, 0.5) is 8.78 Å². The van der Waals surface area contributed by atoms with Gasteiger partial charge in [-0.1, -0.05) is 6.92 Å². The van der Waals surface area contributed by atoms with Crippen molar-refractivity contribution in [3.05, 3.63) is 0 Å². The molecule has 0 bridgehead atoms. The Labute approximate surface area is 59.7 Å². The Kier molecular flexibility index (Phi) is 3.27. The molecule has 0 heterocycles. The lowest BCUT2D eigenvalue weighted by molar-refractivity contribution is -0.0189. The van der Waals surface area contributed by atoms with E-state index < -0.39 is 11.8 Å². The molecule has 0 aliphatic heterocycles. The second-order valence-electron chi connectivity index (χ2n) is 2.44. The summed E-state index contributed by atoms with van der Waals surface area (Å²) in [5.41, 5.74) is 0. The SMILES string of the molecule is CCC(F)(F)CC(C)C#N. The first kappa shape index (κ1) is 9.35. The van der Waals surface area contributed by atoms with Crippen LogP contribution in [0.2, 0.25) is 0 Å². The number of hydrogen-bond acceptors (Lipinski definition) is 1. The molecule has 0 saturated carbocycles. The number of nitriles is 1. The lowest BCUT2D eigenvalue weighted by Crippen LogP contribution is -2.17. The zero-order chi connectivity index (χ0) is 8.20. The highest BCUT2D eigenvalue weighted by atomic mass is 19.3. The minimum absolute atomic E-state index is 0.182. The molecule has 1 nitrogen and oxygen atoms in total. The van der Waals surface area contributed by atoms with Crippen LogP contribution in [-0.4, -0.2) is 5.92 Å². The predicted octanol–water partition coefficient (Wildman–Crippen LogP) is 2.58. The first-order chi connectivity index (χ1) is 4.52. The fourth-order valence-electron chi connectivity index (χ4n) is 0.638. The number of hydrogen-bond donors (Lipinski definition) is 0. The van der Waals surface area contributed by atoms with Gasteiger partial charge in [0.15, 0.2) is 0 Å². The molecule has 0 aromatic carbocycles. The number of alkyl halides is 2. The van der Waals surface area contributed by atoms with Crippen molar-refractivity contribution in [3.63, 3.8) is 0 Å². The molecule has 1 unspecified atom stereocenters. The Balaban J connectivity index is 3.79. The van der Waals surface area contributed by atoms with Gasteiger partial charge >= 0.3 is 0 Å². The molecule has 58 valence electrons. The molecule has 1 atom stereocenters. The largest absolute Gasteiger partial charge is 0.249 e. The van der Waals surface area contributed by atoms with Crippen LogP contribution in [0, 0.1) is 17.2 Å². The smallest absolute Gasteiger partial charge is 0.207 e. The maximum Gasteiger partial charge on any atom is 0.249 e. The van der Waals surface area contributed by atoms with Crippen molar-refractivity contribution in [1.82, 2.24) is 0 Å². The van der Waals surface area contributed by atoms with E-state index in [-0.39, 0.29) is 12.8 Å². The highest BCUT2D eigenvalue weighted by Gasteiger charge is 2.28. The monoisotopic (exact) mass is 147 g/mol. The van der Waals surface area contributed by atoms with Gasteiger partial charge in [0.1, 0.15) is 0 Å². The van der Waals surface area contributed by atoms with Crippen molar-refractivity contribution in [1.29, 1.82) is 5.26 Å². The molecule has 0 aromatic heterocycles. The minimum Gasteiger partial charge on any atom is -0.207 e. The van der Waals surface area contributed by atoms with Crippen LogP contribution in [-0.2, 0) is 0 Å². The average molecular weight is 147 g/mol. The Hall–Kier alpha value is -0.650. The van der Waals surface area contributed by atoms with Gasteiger partial charge in [0.25, 0.3) is 0 Å². The van der Waals surface area contributed by atoms with E-state index in [1.54, 1.807) is 6.07 Å². The van der Waals surface area contributed by atoms with Gasteiger partial charge in [0, 0.05) is 18.8 Å². The van der Waals surface area contributed by atoms with Crippen molar-refractivity contribution in [2.45, 2.75) is 32.6 Å². The predicted molar refractivity (Wildman–Crippen MR) is 34.6 cm³/mol. The van der Waals surface area contributed by atoms with E-state index in [0.29, 0.717) is 0 Å². The van der Waals surface area contributed by atoms with E-state index in [1.165, 1.54) is 13.8 Å². The molecule has 0 rings (SSSR count). The minimum atomic E-state index is -2.66. The Morgan fingerprint density at radius 2 is 2.10 bits per heavy atom. The molecule has 0 radical (unpaired) electrons. The lowest BCUT2D eigenvalue weighted by atomic mass is 10.0. The summed E-state index contributed by atoms with van der Waals surface area (Å²) < 4.78 is 24.9. The van der Waals surface area contributed by atoms with Gasteiger partial charge < -0.3 is 0 Å². The summed E-state index contributed by atoms with van der Waals surface area (Å²) in [7, 11) is 0. The van der Waals surface area contributed by atoms with Gasteiger partial charge in [-0.25, -0.2) is 8.78 Å². The topological polar surface area (TPSA) is 23.8 Å². The van der Waals surface area contributed by atoms with Crippen LogP contribution in [0.15, 0.2) is 0 Å². The van der Waals surface area contributed by atoms with Gasteiger partial charge in [-0.15, -0.1) is 0 Å². The highest BCUT2D eigenvalue weighted by Crippen LogP contribution is 2.25. The second kappa shape index (κ2) is 3.50. The van der Waals surface area contributed by atoms with E-state index in [9.17, 15) is 8.78 Å². The van der Waals surface area contributed by atoms with Crippen LogP contribution in [0.1, 0.15) is 26.7 Å². The van der Waals surface area contributed by atoms with E-state index in [0.717, 1.165) is 0 Å². The second-order valence-corrected chi connectivity index (χ2v) is 2.44. The molecule has 0 spiro atoms. The molecular weight excluding hydrogens is 136 g/mol. The molecule has 0 N–H and O–H groups in total. The van der Waals surface area contributed by atoms with Crippen LogP contribution in [0.3, 0.4) is 0 Å². The number of nitrogens with zero attached hydrogens (tertiary/aromatic N) is 1. The molecule has 10 heavy (non-hydrogen) atoms. The van der Waals surface area contributed by atoms with Crippen molar-refractivity contribution < 1.29 is 8.78 Å². The van der Waals surface area contributed by atoms with Gasteiger partial charge in [-0.2, -0.15) is 5.26 Å². The zero-order valence-electron chi connectivity index (χ0n) is 6.19. The Bertz CT molecular complexity index is 137. The quantitative estimate of drug-likeness (QED) is 0.601.